The van der Waals surface area contributed by atoms with Gasteiger partial charge in [0.15, 0.2) is 0 Å². The SMILES string of the molecule is C[Si](C)(CO)CCCOCC1CO1. The van der Waals surface area contributed by atoms with Crippen molar-refractivity contribution in [3.63, 3.8) is 0 Å². The van der Waals surface area contributed by atoms with Crippen LogP contribution in [0.15, 0.2) is 0 Å². The van der Waals surface area contributed by atoms with Crippen molar-refractivity contribution in [2.24, 2.45) is 0 Å². The molecule has 3 nitrogen and oxygen atoms in total. The van der Waals surface area contributed by atoms with E-state index in [4.69, 9.17) is 14.6 Å². The van der Waals surface area contributed by atoms with E-state index in [2.05, 4.69) is 13.1 Å². The van der Waals surface area contributed by atoms with Crippen LogP contribution in [0.4, 0.5) is 0 Å². The number of ether oxygens (including phenoxy) is 2. The van der Waals surface area contributed by atoms with Gasteiger partial charge in [0.25, 0.3) is 0 Å². The molecule has 1 heterocycles. The van der Waals surface area contributed by atoms with E-state index >= 15 is 0 Å². The molecule has 0 amide bonds. The molecule has 0 saturated carbocycles. The molecular formula is C9H20O3Si. The smallest absolute Gasteiger partial charge is 0.104 e. The van der Waals surface area contributed by atoms with E-state index in [-0.39, 0.29) is 0 Å². The normalized spacial score (nSPS) is 21.9. The third kappa shape index (κ3) is 5.41. The summed E-state index contributed by atoms with van der Waals surface area (Å²) in [5.74, 6) is 0. The monoisotopic (exact) mass is 204 g/mol. The predicted octanol–water partition coefficient (Wildman–Crippen LogP) is 1.03. The predicted molar refractivity (Wildman–Crippen MR) is 54.6 cm³/mol. The molecule has 1 unspecified atom stereocenters. The first-order valence-electron chi connectivity index (χ1n) is 4.94. The topological polar surface area (TPSA) is 42.0 Å². The van der Waals surface area contributed by atoms with E-state index < -0.39 is 8.07 Å². The summed E-state index contributed by atoms with van der Waals surface area (Å²) >= 11 is 0. The van der Waals surface area contributed by atoms with Crippen LogP contribution < -0.4 is 0 Å². The second-order valence-electron chi connectivity index (χ2n) is 4.46. The summed E-state index contributed by atoms with van der Waals surface area (Å²) < 4.78 is 10.4. The number of aliphatic hydroxyl groups excluding tert-OH is 1. The van der Waals surface area contributed by atoms with E-state index in [1.54, 1.807) is 0 Å². The number of aliphatic hydroxyl groups is 1. The number of hydrogen-bond donors (Lipinski definition) is 1. The first-order valence-corrected chi connectivity index (χ1v) is 8.36. The average molecular weight is 204 g/mol. The minimum atomic E-state index is -1.29. The maximum Gasteiger partial charge on any atom is 0.104 e. The Labute approximate surface area is 81.1 Å². The van der Waals surface area contributed by atoms with Crippen LogP contribution in [0.25, 0.3) is 0 Å². The largest absolute Gasteiger partial charge is 0.400 e. The summed E-state index contributed by atoms with van der Waals surface area (Å²) in [5.41, 5.74) is 0. The average Bonchev–Trinajstić information content (AvgIpc) is 2.87. The summed E-state index contributed by atoms with van der Waals surface area (Å²) in [6, 6.07) is 1.15. The van der Waals surface area contributed by atoms with Crippen molar-refractivity contribution in [3.8, 4) is 0 Å². The Kier molecular flexibility index (Phi) is 4.38. The van der Waals surface area contributed by atoms with Crippen molar-refractivity contribution >= 4 is 8.07 Å². The highest BCUT2D eigenvalue weighted by atomic mass is 28.3. The molecule has 1 aliphatic rings. The quantitative estimate of drug-likeness (QED) is 0.383. The zero-order valence-electron chi connectivity index (χ0n) is 8.58. The summed E-state index contributed by atoms with van der Waals surface area (Å²) in [6.45, 7) is 6.85. The van der Waals surface area contributed by atoms with Crippen molar-refractivity contribution in [1.29, 1.82) is 0 Å². The second kappa shape index (κ2) is 5.10. The van der Waals surface area contributed by atoms with Gasteiger partial charge in [-0.25, -0.2) is 0 Å². The molecule has 0 aliphatic carbocycles. The van der Waals surface area contributed by atoms with Gasteiger partial charge in [-0.3, -0.25) is 0 Å². The van der Waals surface area contributed by atoms with Crippen molar-refractivity contribution in [1.82, 2.24) is 0 Å². The maximum absolute atomic E-state index is 9.05. The zero-order chi connectivity index (χ0) is 9.73. The Morgan fingerprint density at radius 2 is 2.23 bits per heavy atom. The van der Waals surface area contributed by atoms with Crippen molar-refractivity contribution in [2.75, 3.05) is 26.1 Å². The minimum absolute atomic E-state index is 0.378. The van der Waals surface area contributed by atoms with Crippen LogP contribution in [-0.2, 0) is 9.47 Å². The van der Waals surface area contributed by atoms with E-state index in [1.807, 2.05) is 0 Å². The van der Waals surface area contributed by atoms with Gasteiger partial charge in [-0.2, -0.15) is 0 Å². The lowest BCUT2D eigenvalue weighted by Crippen LogP contribution is -2.31. The summed E-state index contributed by atoms with van der Waals surface area (Å²) in [7, 11) is -1.29. The molecule has 1 atom stereocenters. The van der Waals surface area contributed by atoms with Crippen LogP contribution in [0.5, 0.6) is 0 Å². The lowest BCUT2D eigenvalue weighted by atomic mass is 10.5. The van der Waals surface area contributed by atoms with Gasteiger partial charge in [0.05, 0.1) is 21.3 Å². The van der Waals surface area contributed by atoms with Crippen LogP contribution in [0, 0.1) is 0 Å². The molecule has 0 spiro atoms. The Balaban J connectivity index is 1.87. The lowest BCUT2D eigenvalue weighted by molar-refractivity contribution is 0.117. The zero-order valence-corrected chi connectivity index (χ0v) is 9.58. The molecule has 78 valence electrons. The fraction of sp³-hybridized carbons (Fsp3) is 1.00. The highest BCUT2D eigenvalue weighted by Gasteiger charge is 2.22. The molecule has 0 aromatic rings. The van der Waals surface area contributed by atoms with Gasteiger partial charge in [-0.05, 0) is 6.42 Å². The van der Waals surface area contributed by atoms with E-state index in [0.717, 1.165) is 32.3 Å². The molecular weight excluding hydrogens is 184 g/mol. The molecule has 1 N–H and O–H groups in total. The third-order valence-corrected chi connectivity index (χ3v) is 4.84. The Bertz CT molecular complexity index is 146. The molecule has 0 aromatic carbocycles. The summed E-state index contributed by atoms with van der Waals surface area (Å²) in [4.78, 5) is 0. The van der Waals surface area contributed by atoms with Gasteiger partial charge in [0.2, 0.25) is 0 Å². The van der Waals surface area contributed by atoms with Gasteiger partial charge in [-0.1, -0.05) is 19.1 Å². The van der Waals surface area contributed by atoms with Gasteiger partial charge >= 0.3 is 0 Å². The van der Waals surface area contributed by atoms with Crippen LogP contribution in [0.3, 0.4) is 0 Å². The molecule has 1 fully saturated rings. The van der Waals surface area contributed by atoms with Gasteiger partial charge in [0.1, 0.15) is 6.10 Å². The van der Waals surface area contributed by atoms with E-state index in [0.29, 0.717) is 12.3 Å². The molecule has 1 rings (SSSR count). The molecule has 0 radical (unpaired) electrons. The summed E-state index contributed by atoms with van der Waals surface area (Å²) in [5, 5.41) is 9.05. The van der Waals surface area contributed by atoms with Gasteiger partial charge in [-0.15, -0.1) is 0 Å². The number of hydrogen-bond acceptors (Lipinski definition) is 3. The van der Waals surface area contributed by atoms with Crippen molar-refractivity contribution in [3.05, 3.63) is 0 Å². The fourth-order valence-corrected chi connectivity index (χ4v) is 2.37. The Hall–Kier alpha value is 0.0969. The van der Waals surface area contributed by atoms with Crippen LogP contribution in [0.2, 0.25) is 19.1 Å². The summed E-state index contributed by atoms with van der Waals surface area (Å²) in [6.07, 6.45) is 1.84. The highest BCUT2D eigenvalue weighted by Crippen LogP contribution is 2.12. The van der Waals surface area contributed by atoms with Gasteiger partial charge in [0, 0.05) is 12.8 Å². The van der Waals surface area contributed by atoms with Crippen LogP contribution in [-0.4, -0.2) is 45.3 Å². The highest BCUT2D eigenvalue weighted by molar-refractivity contribution is 6.77. The Morgan fingerprint density at radius 3 is 2.77 bits per heavy atom. The number of rotatable bonds is 7. The lowest BCUT2D eigenvalue weighted by Gasteiger charge is -2.18. The van der Waals surface area contributed by atoms with E-state index in [1.165, 1.54) is 0 Å². The number of epoxide rings is 1. The van der Waals surface area contributed by atoms with Crippen LogP contribution >= 0.6 is 0 Å². The maximum atomic E-state index is 9.05. The van der Waals surface area contributed by atoms with Crippen LogP contribution in [0.1, 0.15) is 6.42 Å². The minimum Gasteiger partial charge on any atom is -0.400 e. The molecule has 0 aromatic heterocycles. The first kappa shape index (κ1) is 11.2. The molecule has 1 saturated heterocycles. The fourth-order valence-electron chi connectivity index (χ4n) is 1.11. The third-order valence-electron chi connectivity index (χ3n) is 2.28. The standard InChI is InChI=1S/C9H20O3Si/c1-13(2,8-10)5-3-4-11-6-9-7-12-9/h9-10H,3-8H2,1-2H3. The molecule has 0 bridgehead atoms. The molecule has 1 aliphatic heterocycles. The second-order valence-corrected chi connectivity index (χ2v) is 9.60. The van der Waals surface area contributed by atoms with Crippen molar-refractivity contribution in [2.45, 2.75) is 31.7 Å². The van der Waals surface area contributed by atoms with Gasteiger partial charge < -0.3 is 14.6 Å². The van der Waals surface area contributed by atoms with E-state index in [9.17, 15) is 0 Å². The molecule has 13 heavy (non-hydrogen) atoms. The Morgan fingerprint density at radius 1 is 1.54 bits per heavy atom. The molecule has 4 heteroatoms. The first-order chi connectivity index (χ1) is 6.14. The van der Waals surface area contributed by atoms with Crippen molar-refractivity contribution < 1.29 is 14.6 Å².